The summed E-state index contributed by atoms with van der Waals surface area (Å²) in [6, 6.07) is 13.4. The molecule has 1 fully saturated rings. The van der Waals surface area contributed by atoms with Gasteiger partial charge in [-0.15, -0.1) is 0 Å². The van der Waals surface area contributed by atoms with E-state index in [1.54, 1.807) is 36.4 Å². The van der Waals surface area contributed by atoms with Crippen molar-refractivity contribution in [3.05, 3.63) is 106 Å². The van der Waals surface area contributed by atoms with E-state index in [2.05, 4.69) is 31.2 Å². The lowest BCUT2D eigenvalue weighted by Gasteiger charge is -2.42. The maximum absolute atomic E-state index is 13.7. The first kappa shape index (κ1) is 34.9. The highest BCUT2D eigenvalue weighted by atomic mass is 35.5. The lowest BCUT2D eigenvalue weighted by atomic mass is 9.73. The van der Waals surface area contributed by atoms with Gasteiger partial charge in [0.1, 0.15) is 39.4 Å². The highest BCUT2D eigenvalue weighted by molar-refractivity contribution is 7.99. The topological polar surface area (TPSA) is 193 Å². The molecule has 2 aromatic carbocycles. The van der Waals surface area contributed by atoms with E-state index in [9.17, 15) is 19.8 Å². The van der Waals surface area contributed by atoms with E-state index >= 15 is 0 Å². The molecule has 4 aromatic rings. The summed E-state index contributed by atoms with van der Waals surface area (Å²) in [7, 11) is 2.97. The Balaban J connectivity index is 1.07. The predicted molar refractivity (Wildman–Crippen MR) is 199 cm³/mol. The molecule has 0 saturated carbocycles. The number of piperidine rings is 1. The van der Waals surface area contributed by atoms with Crippen molar-refractivity contribution in [2.75, 3.05) is 43.2 Å². The quantitative estimate of drug-likeness (QED) is 0.154. The van der Waals surface area contributed by atoms with Crippen LogP contribution in [0, 0.1) is 5.41 Å². The van der Waals surface area contributed by atoms with Crippen LogP contribution >= 0.6 is 23.4 Å². The zero-order valence-corrected chi connectivity index (χ0v) is 29.8. The summed E-state index contributed by atoms with van der Waals surface area (Å²) in [5.41, 5.74) is 15.5. The summed E-state index contributed by atoms with van der Waals surface area (Å²) in [6.07, 6.45) is 7.63. The number of pyridine rings is 1. The number of methoxy groups -OCH3 is 1. The summed E-state index contributed by atoms with van der Waals surface area (Å²) in [6.45, 7) is 1.52. The fourth-order valence-corrected chi connectivity index (χ4v) is 8.16. The van der Waals surface area contributed by atoms with Crippen LogP contribution in [0.1, 0.15) is 35.7 Å². The van der Waals surface area contributed by atoms with Crippen LogP contribution in [0.25, 0.3) is 5.57 Å². The van der Waals surface area contributed by atoms with Gasteiger partial charge in [-0.1, -0.05) is 35.5 Å². The molecule has 1 amide bonds. The van der Waals surface area contributed by atoms with Crippen molar-refractivity contribution in [3.63, 3.8) is 0 Å². The number of nitrogens with one attached hydrogen (secondary N) is 1. The van der Waals surface area contributed by atoms with Gasteiger partial charge in [-0.2, -0.15) is 0 Å². The van der Waals surface area contributed by atoms with Gasteiger partial charge in [0.25, 0.3) is 5.91 Å². The Morgan fingerprint density at radius 2 is 1.94 bits per heavy atom. The normalized spacial score (nSPS) is 17.9. The molecule has 4 heterocycles. The van der Waals surface area contributed by atoms with E-state index in [1.807, 2.05) is 12.3 Å². The minimum atomic E-state index is -0.810. The molecule has 3 aliphatic rings. The van der Waals surface area contributed by atoms with Gasteiger partial charge in [0.05, 0.1) is 24.0 Å². The van der Waals surface area contributed by atoms with Gasteiger partial charge in [-0.25, -0.2) is 14.8 Å². The number of phenolic OH excluding ortho intramolecular Hbond substituents is 1. The van der Waals surface area contributed by atoms with Crippen LogP contribution in [-0.2, 0) is 16.0 Å². The molecular formula is C37H35ClN8O5S. The van der Waals surface area contributed by atoms with Gasteiger partial charge < -0.3 is 41.5 Å². The minimum absolute atomic E-state index is 0.0224. The number of allylic oxidation sites excluding steroid dienone is 1. The van der Waals surface area contributed by atoms with E-state index < -0.39 is 11.7 Å². The summed E-state index contributed by atoms with van der Waals surface area (Å²) >= 11 is 7.97. The molecule has 266 valence electrons. The first-order valence-corrected chi connectivity index (χ1v) is 17.6. The second-order valence-electron chi connectivity index (χ2n) is 12.9. The number of carbonyl (C=O) groups is 1. The van der Waals surface area contributed by atoms with Crippen molar-refractivity contribution < 1.29 is 24.5 Å². The van der Waals surface area contributed by atoms with E-state index in [0.29, 0.717) is 27.1 Å². The van der Waals surface area contributed by atoms with Crippen LogP contribution < -0.4 is 26.4 Å². The van der Waals surface area contributed by atoms with Crippen molar-refractivity contribution in [1.82, 2.24) is 19.9 Å². The Labute approximate surface area is 308 Å². The van der Waals surface area contributed by atoms with E-state index in [-0.39, 0.29) is 50.6 Å². The van der Waals surface area contributed by atoms with E-state index in [4.69, 9.17) is 27.8 Å². The van der Waals surface area contributed by atoms with Crippen LogP contribution in [0.15, 0.2) is 94.1 Å². The number of nitrogen functional groups attached to an aromatic ring is 1. The molecule has 1 spiro atoms. The van der Waals surface area contributed by atoms with Gasteiger partial charge in [0.15, 0.2) is 11.8 Å². The molecule has 15 heteroatoms. The monoisotopic (exact) mass is 738 g/mol. The molecule has 1 aliphatic carbocycles. The third kappa shape index (κ3) is 6.30. The molecule has 2 aliphatic heterocycles. The second kappa shape index (κ2) is 13.9. The standard InChI is InChI=1S/C37H35ClN8O5S/c1-45-18-24(20-13-21(48)15-22(14-20)51-2)32(49)30(27(45)19-47)35(50)43-25-6-3-7-28(31(25)38)52-36-34(40)44-29(17-42-36)46-11-8-37(9-12-46)16-26-23(33(37)39)5-4-10-41-26/h3-7,10,13-15,17-18,33,48-49H,8-9,11-12,16,39H2,1-2H3,(H2,40,44)(H,43,50)/t33-/m1/s1. The number of fused-ring (bicyclic) bond motifs is 1. The maximum atomic E-state index is 13.7. The van der Waals surface area contributed by atoms with Crippen molar-refractivity contribution >= 4 is 58.1 Å². The van der Waals surface area contributed by atoms with Crippen LogP contribution in [0.3, 0.4) is 0 Å². The number of phenols is 1. The van der Waals surface area contributed by atoms with Crippen molar-refractivity contribution in [2.45, 2.75) is 35.2 Å². The fraction of sp³-hybridized carbons (Fsp3) is 0.243. The van der Waals surface area contributed by atoms with Crippen LogP contribution in [0.5, 0.6) is 11.5 Å². The Morgan fingerprint density at radius 3 is 2.65 bits per heavy atom. The van der Waals surface area contributed by atoms with Crippen molar-refractivity contribution in [2.24, 2.45) is 11.1 Å². The fourth-order valence-electron chi connectivity index (χ4n) is 7.06. The SMILES string of the molecule is COc1cc(O)cc(C2=CN(C)C(=C=O)C(C(=O)Nc3cccc(Sc4ncc(N5CCC6(CC5)Cc5ncccc5[C@H]6N)nc4N)c3Cl)=C2O)c1. The molecule has 7 N–H and O–H groups in total. The number of hydrogen-bond donors (Lipinski definition) is 5. The smallest absolute Gasteiger partial charge is 0.262 e. The number of rotatable bonds is 7. The Bertz CT molecular complexity index is 2210. The molecule has 0 bridgehead atoms. The number of hydrogen-bond acceptors (Lipinski definition) is 13. The Kier molecular flexibility index (Phi) is 9.32. The average molecular weight is 739 g/mol. The summed E-state index contributed by atoms with van der Waals surface area (Å²) in [5.74, 6) is 1.54. The molecule has 13 nitrogen and oxygen atoms in total. The zero-order chi connectivity index (χ0) is 36.7. The summed E-state index contributed by atoms with van der Waals surface area (Å²) < 4.78 is 5.24. The first-order chi connectivity index (χ1) is 25.0. The third-order valence-electron chi connectivity index (χ3n) is 9.86. The van der Waals surface area contributed by atoms with Crippen molar-refractivity contribution in [3.8, 4) is 11.5 Å². The van der Waals surface area contributed by atoms with Gasteiger partial charge in [-0.05, 0) is 66.1 Å². The Morgan fingerprint density at radius 1 is 1.15 bits per heavy atom. The number of aromatic hydroxyl groups is 1. The summed E-state index contributed by atoms with van der Waals surface area (Å²) in [5, 5.41) is 24.8. The molecule has 0 unspecified atom stereocenters. The summed E-state index contributed by atoms with van der Waals surface area (Å²) in [4.78, 5) is 43.6. The molecule has 0 radical (unpaired) electrons. The van der Waals surface area contributed by atoms with Crippen LogP contribution in [-0.4, -0.2) is 69.2 Å². The molecule has 7 rings (SSSR count). The number of likely N-dealkylation sites (N-methyl/N-ethyl adjacent to an activating group) is 1. The number of halogens is 1. The maximum Gasteiger partial charge on any atom is 0.262 e. The molecular weight excluding hydrogens is 704 g/mol. The second-order valence-corrected chi connectivity index (χ2v) is 14.3. The third-order valence-corrected chi connectivity index (χ3v) is 11.4. The van der Waals surface area contributed by atoms with Crippen molar-refractivity contribution in [1.29, 1.82) is 0 Å². The number of aromatic nitrogens is 3. The van der Waals surface area contributed by atoms with Gasteiger partial charge in [-0.3, -0.25) is 9.78 Å². The first-order valence-electron chi connectivity index (χ1n) is 16.4. The van der Waals surface area contributed by atoms with Gasteiger partial charge >= 0.3 is 0 Å². The number of nitrogens with zero attached hydrogens (tertiary/aromatic N) is 5. The van der Waals surface area contributed by atoms with E-state index in [0.717, 1.165) is 43.6 Å². The predicted octanol–water partition coefficient (Wildman–Crippen LogP) is 5.27. The number of anilines is 3. The number of aliphatic hydroxyl groups is 1. The lowest BCUT2D eigenvalue weighted by Crippen LogP contribution is -2.44. The molecule has 1 saturated heterocycles. The van der Waals surface area contributed by atoms with Crippen LogP contribution in [0.4, 0.5) is 17.3 Å². The highest BCUT2D eigenvalue weighted by Gasteiger charge is 2.46. The van der Waals surface area contributed by atoms with Crippen LogP contribution in [0.2, 0.25) is 5.02 Å². The lowest BCUT2D eigenvalue weighted by molar-refractivity contribution is -0.112. The number of carbonyl (C=O) groups excluding carboxylic acids is 2. The Hall–Kier alpha value is -5.53. The molecule has 2 aromatic heterocycles. The highest BCUT2D eigenvalue weighted by Crippen LogP contribution is 2.50. The van der Waals surface area contributed by atoms with Gasteiger partial charge in [0.2, 0.25) is 0 Å². The minimum Gasteiger partial charge on any atom is -0.508 e. The number of amides is 1. The number of benzene rings is 2. The number of nitrogens with two attached hydrogens (primary N) is 2. The number of ether oxygens (including phenoxy) is 1. The molecule has 52 heavy (non-hydrogen) atoms. The largest absolute Gasteiger partial charge is 0.508 e. The van der Waals surface area contributed by atoms with Gasteiger partial charge in [0, 0.05) is 60.8 Å². The average Bonchev–Trinajstić information content (AvgIpc) is 3.41. The number of aliphatic hydroxyl groups excluding tert-OH is 1. The van der Waals surface area contributed by atoms with E-state index in [1.165, 1.54) is 49.2 Å². The molecule has 1 atom stereocenters. The zero-order valence-electron chi connectivity index (χ0n) is 28.3.